The van der Waals surface area contributed by atoms with Crippen molar-refractivity contribution in [1.29, 1.82) is 0 Å². The van der Waals surface area contributed by atoms with E-state index >= 15 is 0 Å². The van der Waals surface area contributed by atoms with E-state index < -0.39 is 0 Å². The van der Waals surface area contributed by atoms with Crippen molar-refractivity contribution >= 4 is 11.6 Å². The van der Waals surface area contributed by atoms with Crippen LogP contribution in [-0.4, -0.2) is 13.3 Å². The lowest BCUT2D eigenvalue weighted by atomic mass is 10.1. The number of hydrogen-bond donors (Lipinski definition) is 1. The highest BCUT2D eigenvalue weighted by molar-refractivity contribution is 6.30. The second-order valence-corrected chi connectivity index (χ2v) is 5.20. The first kappa shape index (κ1) is 14.0. The summed E-state index contributed by atoms with van der Waals surface area (Å²) in [6, 6.07) is 11.4. The quantitative estimate of drug-likeness (QED) is 0.922. The second-order valence-electron chi connectivity index (χ2n) is 4.77. The highest BCUT2D eigenvalue weighted by Gasteiger charge is 2.17. The van der Waals surface area contributed by atoms with Gasteiger partial charge in [-0.2, -0.15) is 0 Å². The van der Waals surface area contributed by atoms with Crippen LogP contribution < -0.4 is 19.9 Å². The van der Waals surface area contributed by atoms with Gasteiger partial charge >= 0.3 is 0 Å². The number of rotatable bonds is 5. The fraction of sp³-hybridized carbons (Fsp3) is 0.250. The van der Waals surface area contributed by atoms with Crippen molar-refractivity contribution in [2.75, 3.05) is 13.3 Å². The molecule has 0 unspecified atom stereocenters. The standard InChI is InChI=1S/C16H16ClNO3/c17-13-3-1-11(2-4-13)9-19-14-8-16-15(20-10-21-16)7-12(14)5-6-18/h1-4,7-8H,5-6,9-10,18H2. The molecule has 0 fully saturated rings. The van der Waals surface area contributed by atoms with Gasteiger partial charge in [-0.1, -0.05) is 23.7 Å². The van der Waals surface area contributed by atoms with Gasteiger partial charge in [0.15, 0.2) is 11.5 Å². The molecule has 2 N–H and O–H groups in total. The van der Waals surface area contributed by atoms with Crippen LogP contribution in [0.1, 0.15) is 11.1 Å². The van der Waals surface area contributed by atoms with Crippen molar-refractivity contribution < 1.29 is 14.2 Å². The second kappa shape index (κ2) is 6.24. The number of halogens is 1. The lowest BCUT2D eigenvalue weighted by Gasteiger charge is -2.12. The summed E-state index contributed by atoms with van der Waals surface area (Å²) in [6.07, 6.45) is 0.729. The van der Waals surface area contributed by atoms with Gasteiger partial charge in [-0.15, -0.1) is 0 Å². The Kier molecular flexibility index (Phi) is 4.18. The molecule has 3 rings (SSSR count). The Morgan fingerprint density at radius 1 is 1.10 bits per heavy atom. The van der Waals surface area contributed by atoms with Gasteiger partial charge in [-0.3, -0.25) is 0 Å². The van der Waals surface area contributed by atoms with E-state index in [-0.39, 0.29) is 6.79 Å². The zero-order valence-electron chi connectivity index (χ0n) is 11.5. The molecule has 5 heteroatoms. The highest BCUT2D eigenvalue weighted by atomic mass is 35.5. The summed E-state index contributed by atoms with van der Waals surface area (Å²) in [5, 5.41) is 0.714. The van der Waals surface area contributed by atoms with Crippen LogP contribution in [0.4, 0.5) is 0 Å². The molecule has 1 aliphatic rings. The van der Waals surface area contributed by atoms with E-state index in [0.29, 0.717) is 23.9 Å². The zero-order chi connectivity index (χ0) is 14.7. The zero-order valence-corrected chi connectivity index (χ0v) is 12.2. The van der Waals surface area contributed by atoms with Crippen LogP contribution in [-0.2, 0) is 13.0 Å². The van der Waals surface area contributed by atoms with Gasteiger partial charge in [0, 0.05) is 11.1 Å². The first-order chi connectivity index (χ1) is 10.3. The Hall–Kier alpha value is -1.91. The molecular formula is C16H16ClNO3. The van der Waals surface area contributed by atoms with Crippen LogP contribution in [0, 0.1) is 0 Å². The largest absolute Gasteiger partial charge is 0.488 e. The first-order valence-electron chi connectivity index (χ1n) is 6.76. The number of ether oxygens (including phenoxy) is 3. The third kappa shape index (κ3) is 3.23. The summed E-state index contributed by atoms with van der Waals surface area (Å²) in [5.41, 5.74) is 7.73. The molecule has 2 aromatic rings. The van der Waals surface area contributed by atoms with Gasteiger partial charge in [0.1, 0.15) is 12.4 Å². The summed E-state index contributed by atoms with van der Waals surface area (Å²) in [4.78, 5) is 0. The van der Waals surface area contributed by atoms with E-state index in [2.05, 4.69) is 0 Å². The molecule has 0 spiro atoms. The molecule has 1 aliphatic heterocycles. The molecular weight excluding hydrogens is 290 g/mol. The summed E-state index contributed by atoms with van der Waals surface area (Å²) in [5.74, 6) is 2.24. The molecule has 21 heavy (non-hydrogen) atoms. The summed E-state index contributed by atoms with van der Waals surface area (Å²) in [7, 11) is 0. The van der Waals surface area contributed by atoms with Crippen LogP contribution in [0.2, 0.25) is 5.02 Å². The van der Waals surface area contributed by atoms with Crippen molar-refractivity contribution in [3.8, 4) is 17.2 Å². The third-order valence-corrected chi connectivity index (χ3v) is 3.53. The number of fused-ring (bicyclic) bond motifs is 1. The lowest BCUT2D eigenvalue weighted by Crippen LogP contribution is -2.05. The summed E-state index contributed by atoms with van der Waals surface area (Å²) < 4.78 is 16.7. The predicted octanol–water partition coefficient (Wildman–Crippen LogP) is 3.15. The molecule has 0 bridgehead atoms. The van der Waals surface area contributed by atoms with Crippen LogP contribution in [0.25, 0.3) is 0 Å². The van der Waals surface area contributed by atoms with E-state index in [0.717, 1.165) is 29.0 Å². The molecule has 0 amide bonds. The Morgan fingerprint density at radius 2 is 1.81 bits per heavy atom. The van der Waals surface area contributed by atoms with E-state index in [1.165, 1.54) is 0 Å². The number of benzene rings is 2. The maximum absolute atomic E-state index is 5.91. The molecule has 110 valence electrons. The van der Waals surface area contributed by atoms with Crippen LogP contribution in [0.15, 0.2) is 36.4 Å². The van der Waals surface area contributed by atoms with Gasteiger partial charge in [0.2, 0.25) is 6.79 Å². The smallest absolute Gasteiger partial charge is 0.231 e. The highest BCUT2D eigenvalue weighted by Crippen LogP contribution is 2.38. The average molecular weight is 306 g/mol. The van der Waals surface area contributed by atoms with Gasteiger partial charge in [0.05, 0.1) is 0 Å². The lowest BCUT2D eigenvalue weighted by molar-refractivity contribution is 0.173. The van der Waals surface area contributed by atoms with E-state index in [1.54, 1.807) is 0 Å². The molecule has 4 nitrogen and oxygen atoms in total. The Morgan fingerprint density at radius 3 is 2.52 bits per heavy atom. The maximum Gasteiger partial charge on any atom is 0.231 e. The van der Waals surface area contributed by atoms with E-state index in [1.807, 2.05) is 36.4 Å². The Labute approximate surface area is 128 Å². The van der Waals surface area contributed by atoms with Crippen molar-refractivity contribution in [2.45, 2.75) is 13.0 Å². The SMILES string of the molecule is NCCc1cc2c(cc1OCc1ccc(Cl)cc1)OCO2. The molecule has 0 aliphatic carbocycles. The minimum atomic E-state index is 0.248. The molecule has 0 saturated heterocycles. The topological polar surface area (TPSA) is 53.7 Å². The van der Waals surface area contributed by atoms with Gasteiger partial charge in [-0.25, -0.2) is 0 Å². The van der Waals surface area contributed by atoms with Gasteiger partial charge in [0.25, 0.3) is 0 Å². The van der Waals surface area contributed by atoms with Gasteiger partial charge in [-0.05, 0) is 42.3 Å². The fourth-order valence-electron chi connectivity index (χ4n) is 2.19. The molecule has 0 saturated carbocycles. The maximum atomic E-state index is 5.91. The predicted molar refractivity (Wildman–Crippen MR) is 81.1 cm³/mol. The summed E-state index contributed by atoms with van der Waals surface area (Å²) in [6.45, 7) is 1.27. The average Bonchev–Trinajstić information content (AvgIpc) is 2.94. The van der Waals surface area contributed by atoms with E-state index in [9.17, 15) is 0 Å². The summed E-state index contributed by atoms with van der Waals surface area (Å²) >= 11 is 5.87. The Balaban J connectivity index is 1.78. The molecule has 0 aromatic heterocycles. The minimum absolute atomic E-state index is 0.248. The first-order valence-corrected chi connectivity index (χ1v) is 7.14. The number of hydrogen-bond acceptors (Lipinski definition) is 4. The van der Waals surface area contributed by atoms with E-state index in [4.69, 9.17) is 31.5 Å². The molecule has 1 heterocycles. The minimum Gasteiger partial charge on any atom is -0.488 e. The van der Waals surface area contributed by atoms with Crippen LogP contribution in [0.3, 0.4) is 0 Å². The van der Waals surface area contributed by atoms with Crippen molar-refractivity contribution in [2.24, 2.45) is 5.73 Å². The molecule has 2 aromatic carbocycles. The van der Waals surface area contributed by atoms with Crippen LogP contribution >= 0.6 is 11.6 Å². The number of nitrogens with two attached hydrogens (primary N) is 1. The third-order valence-electron chi connectivity index (χ3n) is 3.28. The fourth-order valence-corrected chi connectivity index (χ4v) is 2.32. The van der Waals surface area contributed by atoms with Crippen molar-refractivity contribution in [3.05, 3.63) is 52.5 Å². The van der Waals surface area contributed by atoms with Crippen molar-refractivity contribution in [1.82, 2.24) is 0 Å². The monoisotopic (exact) mass is 305 g/mol. The van der Waals surface area contributed by atoms with Crippen molar-refractivity contribution in [3.63, 3.8) is 0 Å². The molecule has 0 atom stereocenters. The van der Waals surface area contributed by atoms with Crippen LogP contribution in [0.5, 0.6) is 17.2 Å². The molecule has 0 radical (unpaired) electrons. The van der Waals surface area contributed by atoms with Gasteiger partial charge < -0.3 is 19.9 Å². The Bertz CT molecular complexity index is 628. The normalized spacial score (nSPS) is 12.5.